The fraction of sp³-hybridized carbons (Fsp3) is 0. The SMILES string of the molecule is c1ccc(-c2ccc3ccc4ccc(-c5ccc(-c6ccc7ccc8ccc(-c9ccccc9)nc8c7n6)cc5)nc4c3n2)cc1.c1ccc2c(-c3ccc4ccc5ccc(-c6ccc(-c7ccc8ccc9ccc(-c%10cccc%11ccccc%10%11)nc9c8n7)cc6)nc5c4n3)cccc2c1.c1cnc2c(c1)ccc1ccc(-c3ccc(-c4ccc5ccc6cccnc6c5n4)cc3)nc12. The lowest BCUT2D eigenvalue weighted by atomic mass is 10.0. The summed E-state index contributed by atoms with van der Waals surface area (Å²) in [6.45, 7) is 0. The molecule has 134 heavy (non-hydrogen) atoms. The zero-order valence-electron chi connectivity index (χ0n) is 72.1. The van der Waals surface area contributed by atoms with Gasteiger partial charge < -0.3 is 0 Å². The van der Waals surface area contributed by atoms with E-state index in [9.17, 15) is 0 Å². The summed E-state index contributed by atoms with van der Waals surface area (Å²) in [6.07, 6.45) is 3.64. The smallest absolute Gasteiger partial charge is 0.0972 e. The van der Waals surface area contributed by atoms with E-state index < -0.39 is 0 Å². The van der Waals surface area contributed by atoms with E-state index in [1.165, 1.54) is 21.5 Å². The van der Waals surface area contributed by atoms with Crippen molar-refractivity contribution < 1.29 is 0 Å². The maximum absolute atomic E-state index is 5.22. The minimum absolute atomic E-state index is 0.898. The number of fused-ring (bicyclic) bond motifs is 20. The van der Waals surface area contributed by atoms with Crippen LogP contribution in [0.15, 0.2) is 449 Å². The second kappa shape index (κ2) is 33.1. The Kier molecular flexibility index (Phi) is 19.3. The molecule has 0 aliphatic rings. The maximum atomic E-state index is 5.22. The van der Waals surface area contributed by atoms with Crippen LogP contribution in [0.25, 0.3) is 265 Å². The van der Waals surface area contributed by atoms with Gasteiger partial charge in [0, 0.05) is 133 Å². The molecule has 0 N–H and O–H groups in total. The van der Waals surface area contributed by atoms with Crippen LogP contribution in [0.5, 0.6) is 0 Å². The molecular weight excluding hydrogens is 1630 g/mol. The highest BCUT2D eigenvalue weighted by atomic mass is 14.8. The molecule has 0 saturated carbocycles. The van der Waals surface area contributed by atoms with Crippen LogP contribution < -0.4 is 0 Å². The van der Waals surface area contributed by atoms with Gasteiger partial charge in [0.25, 0.3) is 0 Å². The average Bonchev–Trinajstić information content (AvgIpc) is 0.699. The summed E-state index contributed by atoms with van der Waals surface area (Å²) >= 11 is 0. The van der Waals surface area contributed by atoms with Crippen molar-refractivity contribution in [2.45, 2.75) is 0 Å². The summed E-state index contributed by atoms with van der Waals surface area (Å²) in [5.41, 5.74) is 30.9. The quantitative estimate of drug-likeness (QED) is 0.120. The van der Waals surface area contributed by atoms with Crippen LogP contribution in [-0.2, 0) is 0 Å². The molecule has 0 radical (unpaired) electrons. The number of hydrogen-bond acceptors (Lipinski definition) is 12. The van der Waals surface area contributed by atoms with E-state index in [-0.39, 0.29) is 0 Å². The number of benzene rings is 15. The topological polar surface area (TPSA) is 155 Å². The zero-order chi connectivity index (χ0) is 88.5. The van der Waals surface area contributed by atoms with Crippen molar-refractivity contribution in [2.24, 2.45) is 0 Å². The van der Waals surface area contributed by atoms with Crippen molar-refractivity contribution in [3.8, 4) is 113 Å². The Morgan fingerprint density at radius 3 is 0.522 bits per heavy atom. The minimum Gasteiger partial charge on any atom is -0.254 e. The Hall–Kier alpha value is -18.3. The van der Waals surface area contributed by atoms with Gasteiger partial charge in [-0.25, -0.2) is 49.8 Å². The van der Waals surface area contributed by atoms with Crippen LogP contribution in [0.1, 0.15) is 0 Å². The van der Waals surface area contributed by atoms with Crippen LogP contribution >= 0.6 is 0 Å². The first kappa shape index (κ1) is 78.0. The number of nitrogens with zero attached hydrogens (tertiary/aromatic N) is 12. The molecule has 0 bridgehead atoms. The van der Waals surface area contributed by atoms with E-state index in [4.69, 9.17) is 49.8 Å². The van der Waals surface area contributed by atoms with Crippen LogP contribution in [0.2, 0.25) is 0 Å². The first-order chi connectivity index (χ1) is 66.3. The predicted octanol–water partition coefficient (Wildman–Crippen LogP) is 30.6. The standard InChI is InChI=1S/C50H30N4.C42H26N4.C30H18N4/c1-3-11-39-31(7-1)9-5-13-41(39)45-29-25-37-21-19-35-23-27-43(51-47(35)49(37)53-45)33-15-17-34(18-16-33)44-28-24-36-20-22-38-26-30-46(54-50(38)48(36)52-44)42-14-6-10-32-8-2-4-12-40(32)42;1-3-7-27(8-4-1)35-23-19-31-15-17-33-21-25-37(45-41(33)39(31)43-35)29-11-13-30(14-12-29)38-26-22-34-18-16-32-20-24-36(28-9-5-2-6-10-28)44-40(32)42(34)46-38;1-3-21-9-11-23-13-15-25(33-29(23)27(21)31-17-1)19-5-7-20(8-6-19)26-16-14-24-12-10-22-4-2-18-32-28(22)30(24)34-26/h1-30H;1-26H;1-18H. The van der Waals surface area contributed by atoms with Gasteiger partial charge in [-0.05, 0) is 94.3 Å². The molecular formula is C122H74N12. The Bertz CT molecular complexity index is 8840. The summed E-state index contributed by atoms with van der Waals surface area (Å²) in [7, 11) is 0. The molecule has 12 heteroatoms. The summed E-state index contributed by atoms with van der Waals surface area (Å²) < 4.78 is 0. The summed E-state index contributed by atoms with van der Waals surface area (Å²) in [4.78, 5) is 60.3. The van der Waals surface area contributed by atoms with Crippen LogP contribution in [0, 0.1) is 0 Å². The molecule has 15 aromatic carbocycles. The molecule has 622 valence electrons. The van der Waals surface area contributed by atoms with Gasteiger partial charge in [-0.15, -0.1) is 0 Å². The minimum atomic E-state index is 0.898. The summed E-state index contributed by atoms with van der Waals surface area (Å²) in [5.74, 6) is 0. The second-order valence-electron chi connectivity index (χ2n) is 33.7. The number of hydrogen-bond donors (Lipinski definition) is 0. The molecule has 12 heterocycles. The summed E-state index contributed by atoms with van der Waals surface area (Å²) in [5, 5.41) is 17.7. The van der Waals surface area contributed by atoms with Crippen molar-refractivity contribution in [1.29, 1.82) is 0 Å². The monoisotopic (exact) mass is 1710 g/mol. The Labute approximate surface area is 768 Å². The molecule has 27 aromatic rings. The van der Waals surface area contributed by atoms with E-state index in [2.05, 4.69) is 398 Å². The average molecular weight is 1710 g/mol. The van der Waals surface area contributed by atoms with Crippen LogP contribution in [0.4, 0.5) is 0 Å². The normalized spacial score (nSPS) is 11.6. The van der Waals surface area contributed by atoms with Crippen molar-refractivity contribution >= 4 is 152 Å². The number of pyridine rings is 12. The fourth-order valence-corrected chi connectivity index (χ4v) is 18.7. The Balaban J connectivity index is 0.000000110. The van der Waals surface area contributed by atoms with Crippen molar-refractivity contribution in [1.82, 2.24) is 59.8 Å². The van der Waals surface area contributed by atoms with Gasteiger partial charge >= 0.3 is 0 Å². The lowest BCUT2D eigenvalue weighted by molar-refractivity contribution is 1.36. The Morgan fingerprint density at radius 1 is 0.104 bits per heavy atom. The lowest BCUT2D eigenvalue weighted by Gasteiger charge is -2.11. The van der Waals surface area contributed by atoms with Gasteiger partial charge in [-0.2, -0.15) is 0 Å². The molecule has 0 atom stereocenters. The largest absolute Gasteiger partial charge is 0.254 e. The van der Waals surface area contributed by atoms with E-state index in [0.717, 1.165) is 243 Å². The van der Waals surface area contributed by atoms with Gasteiger partial charge in [0.1, 0.15) is 0 Å². The van der Waals surface area contributed by atoms with E-state index in [0.29, 0.717) is 0 Å². The molecule has 0 amide bonds. The third kappa shape index (κ3) is 14.5. The van der Waals surface area contributed by atoms with Crippen molar-refractivity contribution in [3.05, 3.63) is 449 Å². The van der Waals surface area contributed by atoms with Gasteiger partial charge in [0.05, 0.1) is 123 Å². The van der Waals surface area contributed by atoms with E-state index >= 15 is 0 Å². The van der Waals surface area contributed by atoms with Crippen LogP contribution in [0.3, 0.4) is 0 Å². The van der Waals surface area contributed by atoms with Gasteiger partial charge in [0.15, 0.2) is 0 Å². The van der Waals surface area contributed by atoms with Gasteiger partial charge in [-0.1, -0.05) is 364 Å². The molecule has 0 fully saturated rings. The van der Waals surface area contributed by atoms with Crippen molar-refractivity contribution in [2.75, 3.05) is 0 Å². The highest BCUT2D eigenvalue weighted by Crippen LogP contribution is 2.40. The molecule has 12 aromatic heterocycles. The predicted molar refractivity (Wildman–Crippen MR) is 552 cm³/mol. The molecule has 27 rings (SSSR count). The van der Waals surface area contributed by atoms with Crippen molar-refractivity contribution in [3.63, 3.8) is 0 Å². The van der Waals surface area contributed by atoms with E-state index in [1.54, 1.807) is 0 Å². The number of rotatable bonds is 10. The first-order valence-corrected chi connectivity index (χ1v) is 44.8. The second-order valence-corrected chi connectivity index (χ2v) is 33.7. The molecule has 0 saturated heterocycles. The third-order valence-electron chi connectivity index (χ3n) is 25.6. The molecule has 0 spiro atoms. The third-order valence-corrected chi connectivity index (χ3v) is 25.6. The summed E-state index contributed by atoms with van der Waals surface area (Å²) in [6, 6.07) is 151. The first-order valence-electron chi connectivity index (χ1n) is 44.8. The lowest BCUT2D eigenvalue weighted by Crippen LogP contribution is -1.92. The van der Waals surface area contributed by atoms with E-state index in [1.807, 2.05) is 60.9 Å². The highest BCUT2D eigenvalue weighted by Gasteiger charge is 2.19. The van der Waals surface area contributed by atoms with Gasteiger partial charge in [0.2, 0.25) is 0 Å². The zero-order valence-corrected chi connectivity index (χ0v) is 72.1. The van der Waals surface area contributed by atoms with Gasteiger partial charge in [-0.3, -0.25) is 9.97 Å². The molecule has 0 aliphatic heterocycles. The fourth-order valence-electron chi connectivity index (χ4n) is 18.7. The molecule has 0 aliphatic carbocycles. The highest BCUT2D eigenvalue weighted by molar-refractivity contribution is 6.11. The maximum Gasteiger partial charge on any atom is 0.0972 e. The molecule has 12 nitrogen and oxygen atoms in total. The number of aromatic nitrogens is 12. The van der Waals surface area contributed by atoms with Crippen LogP contribution in [-0.4, -0.2) is 59.8 Å². The molecule has 0 unspecified atom stereocenters. The Morgan fingerprint density at radius 2 is 0.276 bits per heavy atom.